The van der Waals surface area contributed by atoms with Crippen molar-refractivity contribution in [1.29, 1.82) is 0 Å². The van der Waals surface area contributed by atoms with Gasteiger partial charge in [-0.3, -0.25) is 4.79 Å². The topological polar surface area (TPSA) is 72.9 Å². The van der Waals surface area contributed by atoms with E-state index in [1.54, 1.807) is 19.1 Å². The second-order valence-corrected chi connectivity index (χ2v) is 7.05. The standard InChI is InChI=1S/C23H25N3O3/c1-3-22(27)24-21-11-8-18(16-20(21)23(28)29)5-4-17-6-9-19(10-7-17)26-14-12-25(2)13-15-26/h6-11,16H,3,12-15H2,1-2H3,(H,24,27)(H,28,29). The Morgan fingerprint density at radius 1 is 1.00 bits per heavy atom. The van der Waals surface area contributed by atoms with Crippen LogP contribution in [0.5, 0.6) is 0 Å². The van der Waals surface area contributed by atoms with Gasteiger partial charge in [-0.1, -0.05) is 18.8 Å². The molecular formula is C23H25N3O3. The van der Waals surface area contributed by atoms with Gasteiger partial charge in [0.15, 0.2) is 0 Å². The molecule has 1 fully saturated rings. The van der Waals surface area contributed by atoms with Crippen molar-refractivity contribution < 1.29 is 14.7 Å². The molecule has 0 aliphatic carbocycles. The quantitative estimate of drug-likeness (QED) is 0.784. The SMILES string of the molecule is CCC(=O)Nc1ccc(C#Cc2ccc(N3CCN(C)CC3)cc2)cc1C(=O)O. The summed E-state index contributed by atoms with van der Waals surface area (Å²) in [7, 11) is 2.13. The molecule has 6 nitrogen and oxygen atoms in total. The lowest BCUT2D eigenvalue weighted by Crippen LogP contribution is -2.44. The summed E-state index contributed by atoms with van der Waals surface area (Å²) in [5, 5.41) is 12.0. The van der Waals surface area contributed by atoms with Gasteiger partial charge in [0, 0.05) is 49.4 Å². The molecule has 0 radical (unpaired) electrons. The van der Waals surface area contributed by atoms with E-state index in [0.717, 1.165) is 31.7 Å². The number of aromatic carboxylic acids is 1. The Kier molecular flexibility index (Phi) is 6.53. The first-order chi connectivity index (χ1) is 14.0. The van der Waals surface area contributed by atoms with Gasteiger partial charge in [-0.05, 0) is 49.5 Å². The average Bonchev–Trinajstić information content (AvgIpc) is 2.73. The summed E-state index contributed by atoms with van der Waals surface area (Å²) in [6.45, 7) is 5.86. The van der Waals surface area contributed by atoms with Crippen LogP contribution >= 0.6 is 0 Å². The van der Waals surface area contributed by atoms with E-state index in [0.29, 0.717) is 5.56 Å². The Balaban J connectivity index is 1.74. The van der Waals surface area contributed by atoms with Gasteiger partial charge in [-0.2, -0.15) is 0 Å². The fourth-order valence-electron chi connectivity index (χ4n) is 3.11. The molecule has 1 saturated heterocycles. The molecule has 0 bridgehead atoms. The molecule has 0 spiro atoms. The first-order valence-corrected chi connectivity index (χ1v) is 9.69. The van der Waals surface area contributed by atoms with Gasteiger partial charge in [-0.25, -0.2) is 4.79 Å². The summed E-state index contributed by atoms with van der Waals surface area (Å²) < 4.78 is 0. The zero-order chi connectivity index (χ0) is 20.8. The number of carboxylic acids is 1. The number of piperazine rings is 1. The van der Waals surface area contributed by atoms with Crippen molar-refractivity contribution in [3.05, 3.63) is 59.2 Å². The van der Waals surface area contributed by atoms with E-state index in [9.17, 15) is 14.7 Å². The summed E-state index contributed by atoms with van der Waals surface area (Å²) in [6, 6.07) is 12.9. The van der Waals surface area contributed by atoms with E-state index in [1.807, 2.05) is 12.1 Å². The Labute approximate surface area is 171 Å². The Bertz CT molecular complexity index is 950. The summed E-state index contributed by atoms with van der Waals surface area (Å²) >= 11 is 0. The minimum atomic E-state index is -1.10. The molecule has 0 saturated carbocycles. The number of likely N-dealkylation sites (N-methyl/N-ethyl adjacent to an activating group) is 1. The number of nitrogens with one attached hydrogen (secondary N) is 1. The number of hydrogen-bond acceptors (Lipinski definition) is 4. The summed E-state index contributed by atoms with van der Waals surface area (Å²) in [6.07, 6.45) is 0.282. The van der Waals surface area contributed by atoms with Crippen molar-refractivity contribution >= 4 is 23.3 Å². The molecule has 1 heterocycles. The van der Waals surface area contributed by atoms with Crippen LogP contribution in [0.25, 0.3) is 0 Å². The molecule has 1 aliphatic heterocycles. The van der Waals surface area contributed by atoms with E-state index in [1.165, 1.54) is 11.8 Å². The highest BCUT2D eigenvalue weighted by Crippen LogP contribution is 2.19. The molecule has 3 rings (SSSR count). The van der Waals surface area contributed by atoms with Gasteiger partial charge >= 0.3 is 5.97 Å². The predicted molar refractivity (Wildman–Crippen MR) is 114 cm³/mol. The zero-order valence-electron chi connectivity index (χ0n) is 16.7. The first-order valence-electron chi connectivity index (χ1n) is 9.69. The van der Waals surface area contributed by atoms with Crippen LogP contribution in [0.4, 0.5) is 11.4 Å². The second-order valence-electron chi connectivity index (χ2n) is 7.05. The van der Waals surface area contributed by atoms with Gasteiger partial charge in [0.2, 0.25) is 5.91 Å². The zero-order valence-corrected chi connectivity index (χ0v) is 16.7. The van der Waals surface area contributed by atoms with E-state index in [2.05, 4.69) is 46.1 Å². The molecule has 2 aromatic carbocycles. The predicted octanol–water partition coefficient (Wildman–Crippen LogP) is 2.88. The van der Waals surface area contributed by atoms with Gasteiger partial charge in [-0.15, -0.1) is 0 Å². The maximum Gasteiger partial charge on any atom is 0.337 e. The molecule has 1 amide bonds. The molecule has 6 heteroatoms. The third kappa shape index (κ3) is 5.37. The monoisotopic (exact) mass is 391 g/mol. The fourth-order valence-corrected chi connectivity index (χ4v) is 3.11. The number of anilines is 2. The van der Waals surface area contributed by atoms with E-state index in [4.69, 9.17) is 0 Å². The molecule has 2 N–H and O–H groups in total. The lowest BCUT2D eigenvalue weighted by atomic mass is 10.1. The van der Waals surface area contributed by atoms with Crippen molar-refractivity contribution in [2.45, 2.75) is 13.3 Å². The largest absolute Gasteiger partial charge is 0.478 e. The van der Waals surface area contributed by atoms with Crippen molar-refractivity contribution in [1.82, 2.24) is 4.90 Å². The van der Waals surface area contributed by atoms with Crippen LogP contribution in [0.15, 0.2) is 42.5 Å². The van der Waals surface area contributed by atoms with Crippen LogP contribution in [0.1, 0.15) is 34.8 Å². The smallest absolute Gasteiger partial charge is 0.337 e. The van der Waals surface area contributed by atoms with Crippen LogP contribution in [-0.4, -0.2) is 55.1 Å². The third-order valence-corrected chi connectivity index (χ3v) is 4.93. The van der Waals surface area contributed by atoms with Crippen LogP contribution in [0.2, 0.25) is 0 Å². The van der Waals surface area contributed by atoms with Gasteiger partial charge in [0.1, 0.15) is 0 Å². The van der Waals surface area contributed by atoms with Gasteiger partial charge < -0.3 is 20.2 Å². The fraction of sp³-hybridized carbons (Fsp3) is 0.304. The third-order valence-electron chi connectivity index (χ3n) is 4.93. The maximum absolute atomic E-state index is 11.6. The molecule has 0 aromatic heterocycles. The van der Waals surface area contributed by atoms with E-state index in [-0.39, 0.29) is 23.6 Å². The highest BCUT2D eigenvalue weighted by atomic mass is 16.4. The number of carbonyl (C=O) groups excluding carboxylic acids is 1. The summed E-state index contributed by atoms with van der Waals surface area (Å²) in [4.78, 5) is 27.8. The summed E-state index contributed by atoms with van der Waals surface area (Å²) in [5.41, 5.74) is 2.95. The number of nitrogens with zero attached hydrogens (tertiary/aromatic N) is 2. The average molecular weight is 391 g/mol. The number of amides is 1. The number of benzene rings is 2. The molecule has 150 valence electrons. The number of carbonyl (C=O) groups is 2. The minimum absolute atomic E-state index is 0.0315. The van der Waals surface area contributed by atoms with Crippen LogP contribution in [-0.2, 0) is 4.79 Å². The Morgan fingerprint density at radius 2 is 1.62 bits per heavy atom. The maximum atomic E-state index is 11.6. The molecular weight excluding hydrogens is 366 g/mol. The normalized spacial score (nSPS) is 14.1. The number of rotatable bonds is 4. The van der Waals surface area contributed by atoms with Crippen molar-refractivity contribution in [3.8, 4) is 11.8 Å². The lowest BCUT2D eigenvalue weighted by molar-refractivity contribution is -0.115. The highest BCUT2D eigenvalue weighted by Gasteiger charge is 2.14. The van der Waals surface area contributed by atoms with E-state index >= 15 is 0 Å². The first kappa shape index (κ1) is 20.4. The van der Waals surface area contributed by atoms with Gasteiger partial charge in [0.05, 0.1) is 11.3 Å². The van der Waals surface area contributed by atoms with Crippen molar-refractivity contribution in [3.63, 3.8) is 0 Å². The number of hydrogen-bond donors (Lipinski definition) is 2. The highest BCUT2D eigenvalue weighted by molar-refractivity contribution is 6.00. The van der Waals surface area contributed by atoms with Gasteiger partial charge in [0.25, 0.3) is 0 Å². The van der Waals surface area contributed by atoms with Crippen LogP contribution < -0.4 is 10.2 Å². The second kappa shape index (κ2) is 9.26. The molecule has 29 heavy (non-hydrogen) atoms. The number of carboxylic acid groups (broad SMARTS) is 1. The molecule has 2 aromatic rings. The van der Waals surface area contributed by atoms with E-state index < -0.39 is 5.97 Å². The summed E-state index contributed by atoms with van der Waals surface area (Å²) in [5.74, 6) is 4.76. The lowest BCUT2D eigenvalue weighted by Gasteiger charge is -2.34. The molecule has 1 aliphatic rings. The van der Waals surface area contributed by atoms with Crippen molar-refractivity contribution in [2.24, 2.45) is 0 Å². The van der Waals surface area contributed by atoms with Crippen molar-refractivity contribution in [2.75, 3.05) is 43.4 Å². The minimum Gasteiger partial charge on any atom is -0.478 e. The van der Waals surface area contributed by atoms with Crippen LogP contribution in [0.3, 0.4) is 0 Å². The Morgan fingerprint density at radius 3 is 2.24 bits per heavy atom. The van der Waals surface area contributed by atoms with Crippen LogP contribution in [0, 0.1) is 11.8 Å². The molecule has 0 unspecified atom stereocenters. The Hall–Kier alpha value is -3.30. The molecule has 0 atom stereocenters.